The minimum atomic E-state index is -3.84. The van der Waals surface area contributed by atoms with Crippen molar-refractivity contribution in [1.29, 1.82) is 0 Å². The van der Waals surface area contributed by atoms with Gasteiger partial charge in [0.15, 0.2) is 20.9 Å². The molecule has 1 aliphatic rings. The van der Waals surface area contributed by atoms with Gasteiger partial charge in [0, 0.05) is 5.92 Å². The molecule has 1 saturated carbocycles. The van der Waals surface area contributed by atoms with Crippen LogP contribution >= 0.6 is 0 Å². The highest BCUT2D eigenvalue weighted by Gasteiger charge is 2.33. The molecule has 0 aromatic carbocycles. The van der Waals surface area contributed by atoms with Gasteiger partial charge in [-0.2, -0.15) is 4.98 Å². The molecule has 1 aliphatic carbocycles. The lowest BCUT2D eigenvalue weighted by Gasteiger charge is -2.17. The molecule has 2 rings (SSSR count). The van der Waals surface area contributed by atoms with Crippen molar-refractivity contribution < 1.29 is 22.8 Å². The number of carbonyl (C=O) groups is 1. The van der Waals surface area contributed by atoms with Gasteiger partial charge in [0.05, 0.1) is 0 Å². The van der Waals surface area contributed by atoms with Gasteiger partial charge in [-0.3, -0.25) is 4.79 Å². The van der Waals surface area contributed by atoms with Crippen molar-refractivity contribution in [3.8, 4) is 0 Å². The first-order valence-corrected chi connectivity index (χ1v) is 9.42. The Hall–Kier alpha value is -1.44. The van der Waals surface area contributed by atoms with Gasteiger partial charge in [-0.1, -0.05) is 37.8 Å². The van der Waals surface area contributed by atoms with Crippen LogP contribution in [0.2, 0.25) is 0 Å². The Balaban J connectivity index is 2.09. The zero-order valence-electron chi connectivity index (χ0n) is 12.7. The molecule has 1 N–H and O–H groups in total. The predicted molar refractivity (Wildman–Crippen MR) is 79.1 cm³/mol. The lowest BCUT2D eigenvalue weighted by Crippen LogP contribution is -2.31. The quantitative estimate of drug-likeness (QED) is 0.816. The van der Waals surface area contributed by atoms with Crippen LogP contribution < -0.4 is 0 Å². The van der Waals surface area contributed by atoms with Gasteiger partial charge >= 0.3 is 5.97 Å². The molecule has 1 atom stereocenters. The Morgan fingerprint density at radius 1 is 1.36 bits per heavy atom. The molecule has 0 amide bonds. The first-order chi connectivity index (χ1) is 10.4. The molecule has 7 nitrogen and oxygen atoms in total. The summed E-state index contributed by atoms with van der Waals surface area (Å²) in [5, 5.41) is 11.4. The highest BCUT2D eigenvalue weighted by atomic mass is 32.2. The summed E-state index contributed by atoms with van der Waals surface area (Å²) in [4.78, 5) is 15.3. The van der Waals surface area contributed by atoms with Gasteiger partial charge in [-0.05, 0) is 19.3 Å². The van der Waals surface area contributed by atoms with E-state index in [0.29, 0.717) is 12.3 Å². The molecule has 0 bridgehead atoms. The molecule has 0 aliphatic heterocycles. The molecule has 1 fully saturated rings. The van der Waals surface area contributed by atoms with E-state index >= 15 is 0 Å². The third kappa shape index (κ3) is 4.06. The van der Waals surface area contributed by atoms with Crippen LogP contribution in [0.4, 0.5) is 0 Å². The summed E-state index contributed by atoms with van der Waals surface area (Å²) >= 11 is 0. The first kappa shape index (κ1) is 16.9. The normalized spacial score (nSPS) is 18.2. The van der Waals surface area contributed by atoms with E-state index < -0.39 is 26.8 Å². The maximum absolute atomic E-state index is 12.2. The number of sulfone groups is 1. The minimum Gasteiger partial charge on any atom is -0.480 e. The number of hydrogen-bond donors (Lipinski definition) is 1. The summed E-state index contributed by atoms with van der Waals surface area (Å²) in [5.41, 5.74) is 0. The molecule has 124 valence electrons. The fraction of sp³-hybridized carbons (Fsp3) is 0.786. The number of aromatic nitrogens is 2. The van der Waals surface area contributed by atoms with E-state index in [2.05, 4.69) is 10.1 Å². The zero-order valence-corrected chi connectivity index (χ0v) is 13.5. The average Bonchev–Trinajstić information content (AvgIpc) is 2.93. The van der Waals surface area contributed by atoms with Crippen LogP contribution in [-0.2, 0) is 20.4 Å². The molecule has 0 spiro atoms. The van der Waals surface area contributed by atoms with Crippen LogP contribution in [0.15, 0.2) is 4.52 Å². The van der Waals surface area contributed by atoms with Gasteiger partial charge in [0.25, 0.3) is 0 Å². The van der Waals surface area contributed by atoms with Crippen molar-refractivity contribution in [2.24, 2.45) is 0 Å². The molecule has 1 aromatic rings. The second-order valence-corrected chi connectivity index (χ2v) is 7.99. The Labute approximate surface area is 130 Å². The summed E-state index contributed by atoms with van der Waals surface area (Å²) in [5.74, 6) is -1.07. The Kier molecular flexibility index (Phi) is 5.55. The van der Waals surface area contributed by atoms with Crippen molar-refractivity contribution in [3.05, 3.63) is 11.7 Å². The average molecular weight is 330 g/mol. The Bertz CT molecular complexity index is 605. The van der Waals surface area contributed by atoms with Gasteiger partial charge in [0.2, 0.25) is 5.89 Å². The summed E-state index contributed by atoms with van der Waals surface area (Å²) in [6.07, 6.45) is 5.93. The van der Waals surface area contributed by atoms with Crippen LogP contribution in [-0.4, -0.2) is 34.9 Å². The molecule has 1 unspecified atom stereocenters. The van der Waals surface area contributed by atoms with E-state index in [4.69, 9.17) is 9.63 Å². The second-order valence-electron chi connectivity index (χ2n) is 5.81. The molecule has 8 heteroatoms. The maximum atomic E-state index is 12.2. The van der Waals surface area contributed by atoms with E-state index in [1.807, 2.05) is 0 Å². The lowest BCUT2D eigenvalue weighted by atomic mass is 9.89. The number of rotatable bonds is 7. The van der Waals surface area contributed by atoms with Crippen LogP contribution in [0.5, 0.6) is 0 Å². The minimum absolute atomic E-state index is 0.0583. The van der Waals surface area contributed by atoms with Gasteiger partial charge in [-0.15, -0.1) is 0 Å². The van der Waals surface area contributed by atoms with Crippen molar-refractivity contribution in [2.75, 3.05) is 0 Å². The predicted octanol–water partition coefficient (Wildman–Crippen LogP) is 2.29. The lowest BCUT2D eigenvalue weighted by molar-refractivity contribution is -0.136. The van der Waals surface area contributed by atoms with E-state index in [-0.39, 0.29) is 18.2 Å². The summed E-state index contributed by atoms with van der Waals surface area (Å²) in [6.45, 7) is 1.75. The highest BCUT2D eigenvalue weighted by Crippen LogP contribution is 2.31. The third-order valence-corrected chi connectivity index (χ3v) is 5.99. The zero-order chi connectivity index (χ0) is 16.2. The van der Waals surface area contributed by atoms with E-state index in [1.54, 1.807) is 6.92 Å². The SMILES string of the molecule is CCCC(C(=O)O)S(=O)(=O)Cc1noc(C2CCCCC2)n1. The number of carboxylic acids is 1. The maximum Gasteiger partial charge on any atom is 0.321 e. The molecule has 22 heavy (non-hydrogen) atoms. The van der Waals surface area contributed by atoms with Crippen LogP contribution in [0.25, 0.3) is 0 Å². The number of hydrogen-bond acceptors (Lipinski definition) is 6. The summed E-state index contributed by atoms with van der Waals surface area (Å²) in [6, 6.07) is 0. The largest absolute Gasteiger partial charge is 0.480 e. The van der Waals surface area contributed by atoms with Gasteiger partial charge in [0.1, 0.15) is 5.75 Å². The second kappa shape index (κ2) is 7.21. The van der Waals surface area contributed by atoms with Crippen LogP contribution in [0.1, 0.15) is 69.5 Å². The van der Waals surface area contributed by atoms with Crippen LogP contribution in [0, 0.1) is 0 Å². The molecule has 1 heterocycles. The van der Waals surface area contributed by atoms with E-state index in [9.17, 15) is 13.2 Å². The molecule has 0 saturated heterocycles. The standard InChI is InChI=1S/C14H22N2O5S/c1-2-6-11(14(17)18)22(19,20)9-12-15-13(21-16-12)10-7-4-3-5-8-10/h10-11H,2-9H2,1H3,(H,17,18). The van der Waals surface area contributed by atoms with Crippen LogP contribution in [0.3, 0.4) is 0 Å². The molecule has 0 radical (unpaired) electrons. The van der Waals surface area contributed by atoms with Gasteiger partial charge < -0.3 is 9.63 Å². The fourth-order valence-electron chi connectivity index (χ4n) is 2.84. The fourth-order valence-corrected chi connectivity index (χ4v) is 4.42. The monoisotopic (exact) mass is 330 g/mol. The van der Waals surface area contributed by atoms with Gasteiger partial charge in [-0.25, -0.2) is 8.42 Å². The van der Waals surface area contributed by atoms with Crippen molar-refractivity contribution in [2.45, 2.75) is 68.8 Å². The number of aliphatic carboxylic acids is 1. The van der Waals surface area contributed by atoms with E-state index in [1.165, 1.54) is 6.42 Å². The van der Waals surface area contributed by atoms with E-state index in [0.717, 1.165) is 25.7 Å². The number of nitrogens with zero attached hydrogens (tertiary/aromatic N) is 2. The summed E-state index contributed by atoms with van der Waals surface area (Å²) in [7, 11) is -3.84. The topological polar surface area (TPSA) is 110 Å². The number of carboxylic acid groups (broad SMARTS) is 1. The smallest absolute Gasteiger partial charge is 0.321 e. The summed E-state index contributed by atoms with van der Waals surface area (Å²) < 4.78 is 29.6. The molecular weight excluding hydrogens is 308 g/mol. The van der Waals surface area contributed by atoms with Crippen molar-refractivity contribution >= 4 is 15.8 Å². The first-order valence-electron chi connectivity index (χ1n) is 7.71. The molecular formula is C14H22N2O5S. The molecule has 1 aromatic heterocycles. The van der Waals surface area contributed by atoms with Crippen molar-refractivity contribution in [3.63, 3.8) is 0 Å². The Morgan fingerprint density at radius 2 is 2.05 bits per heavy atom. The highest BCUT2D eigenvalue weighted by molar-refractivity contribution is 7.92. The van der Waals surface area contributed by atoms with Crippen molar-refractivity contribution in [1.82, 2.24) is 10.1 Å². The Morgan fingerprint density at radius 3 is 2.64 bits per heavy atom. The third-order valence-electron chi connectivity index (χ3n) is 4.03.